The standard InChI is InChI=1S/C31H24.C25H20.C19H16.C13H12/c1-23-7-9-25(10-8-23)27-15-17-29(18-16-27)31-21-19-30(20-22-31)28-13-11-26(12-14-28)24-5-3-2-4-6-24;1-19-7-9-21(10-8-19)23-15-17-25(18-16-23)24-13-11-22(12-14-24)20-5-3-2-4-6-20;1-15-7-9-17(10-8-15)19-13-11-18(12-14-19)16-5-3-2-4-6-16;1-11-7-9-13(10-8-11)12-5-3-2-4-6-12/h2-22H,1H3;2-18H,1H3;2-14H,1H3;2-10H,1H3. The molecule has 0 heterocycles. The average Bonchev–Trinajstić information content (AvgIpc) is 3.69. The van der Waals surface area contributed by atoms with Gasteiger partial charge in [0.1, 0.15) is 0 Å². The highest BCUT2D eigenvalue weighted by Gasteiger charge is 2.07. The van der Waals surface area contributed by atoms with Gasteiger partial charge in [-0.15, -0.1) is 0 Å². The van der Waals surface area contributed by atoms with E-state index in [-0.39, 0.29) is 0 Å². The smallest absolute Gasteiger partial charge is 0.0184 e. The summed E-state index contributed by atoms with van der Waals surface area (Å²) in [5.74, 6) is 0. The molecule has 14 aromatic rings. The van der Waals surface area contributed by atoms with Gasteiger partial charge in [0.15, 0.2) is 0 Å². The first-order valence-corrected chi connectivity index (χ1v) is 30.4. The van der Waals surface area contributed by atoms with Crippen LogP contribution in [0.2, 0.25) is 0 Å². The first-order chi connectivity index (χ1) is 43.2. The van der Waals surface area contributed by atoms with Gasteiger partial charge in [-0.05, 0) is 139 Å². The second-order valence-corrected chi connectivity index (χ2v) is 22.4. The van der Waals surface area contributed by atoms with Crippen LogP contribution in [0.4, 0.5) is 0 Å². The third kappa shape index (κ3) is 15.9. The summed E-state index contributed by atoms with van der Waals surface area (Å²) in [6.45, 7) is 8.46. The zero-order chi connectivity index (χ0) is 60.3. The van der Waals surface area contributed by atoms with Crippen molar-refractivity contribution in [1.82, 2.24) is 0 Å². The summed E-state index contributed by atoms with van der Waals surface area (Å²) in [5.41, 5.74) is 30.3. The van der Waals surface area contributed by atoms with Crippen LogP contribution in [0, 0.1) is 27.7 Å². The number of hydrogen-bond acceptors (Lipinski definition) is 0. The Balaban J connectivity index is 0.000000127. The van der Waals surface area contributed by atoms with E-state index < -0.39 is 0 Å². The van der Waals surface area contributed by atoms with Crippen LogP contribution >= 0.6 is 0 Å². The molecule has 14 aromatic carbocycles. The third-order valence-electron chi connectivity index (χ3n) is 15.9. The Morgan fingerprint density at radius 3 is 0.273 bits per heavy atom. The Kier molecular flexibility index (Phi) is 19.6. The number of aryl methyl sites for hydroxylation is 4. The highest BCUT2D eigenvalue weighted by Crippen LogP contribution is 2.32. The van der Waals surface area contributed by atoms with E-state index in [0.29, 0.717) is 0 Å². The summed E-state index contributed by atoms with van der Waals surface area (Å²) >= 11 is 0. The summed E-state index contributed by atoms with van der Waals surface area (Å²) in [5, 5.41) is 0. The quantitative estimate of drug-likeness (QED) is 0.128. The van der Waals surface area contributed by atoms with Gasteiger partial charge in [-0.1, -0.05) is 386 Å². The Morgan fingerprint density at radius 2 is 0.170 bits per heavy atom. The molecule has 0 N–H and O–H groups in total. The van der Waals surface area contributed by atoms with Crippen LogP contribution in [0.5, 0.6) is 0 Å². The molecule has 424 valence electrons. The molecule has 0 unspecified atom stereocenters. The lowest BCUT2D eigenvalue weighted by molar-refractivity contribution is 1.47. The molecule has 0 aliphatic carbocycles. The molecule has 0 atom stereocenters. The molecule has 0 amide bonds. The molecular formula is C88H72. The van der Waals surface area contributed by atoms with E-state index in [0.717, 1.165) is 0 Å². The van der Waals surface area contributed by atoms with Crippen molar-refractivity contribution in [3.63, 3.8) is 0 Å². The van der Waals surface area contributed by atoms with Crippen LogP contribution in [0.1, 0.15) is 22.3 Å². The summed E-state index contributed by atoms with van der Waals surface area (Å²) in [4.78, 5) is 0. The number of rotatable bonds is 10. The molecule has 0 saturated heterocycles. The fourth-order valence-electron chi connectivity index (χ4n) is 10.6. The van der Waals surface area contributed by atoms with E-state index in [1.54, 1.807) is 0 Å². The molecule has 0 heteroatoms. The maximum atomic E-state index is 2.21. The normalized spacial score (nSPS) is 10.5. The van der Waals surface area contributed by atoms with Crippen LogP contribution in [-0.4, -0.2) is 0 Å². The summed E-state index contributed by atoms with van der Waals surface area (Å²) in [6, 6.07) is 129. The Labute approximate surface area is 522 Å². The number of hydrogen-bond donors (Lipinski definition) is 0. The van der Waals surface area contributed by atoms with E-state index in [4.69, 9.17) is 0 Å². The molecule has 0 aliphatic heterocycles. The summed E-state index contributed by atoms with van der Waals surface area (Å²) in [7, 11) is 0. The van der Waals surface area contributed by atoms with Crippen molar-refractivity contribution in [2.24, 2.45) is 0 Å². The first-order valence-electron chi connectivity index (χ1n) is 30.4. The van der Waals surface area contributed by atoms with Crippen molar-refractivity contribution in [2.75, 3.05) is 0 Å². The topological polar surface area (TPSA) is 0 Å². The van der Waals surface area contributed by atoms with Crippen molar-refractivity contribution in [3.05, 3.63) is 386 Å². The van der Waals surface area contributed by atoms with Crippen molar-refractivity contribution >= 4 is 0 Å². The molecule has 0 spiro atoms. The fourth-order valence-corrected chi connectivity index (χ4v) is 10.6. The average molecular weight is 1130 g/mol. The van der Waals surface area contributed by atoms with E-state index in [1.165, 1.54) is 134 Å². The van der Waals surface area contributed by atoms with Crippen LogP contribution in [0.3, 0.4) is 0 Å². The summed E-state index contributed by atoms with van der Waals surface area (Å²) < 4.78 is 0. The van der Waals surface area contributed by atoms with Gasteiger partial charge in [-0.25, -0.2) is 0 Å². The van der Waals surface area contributed by atoms with Crippen LogP contribution in [0.15, 0.2) is 364 Å². The Hall–Kier alpha value is -10.9. The lowest BCUT2D eigenvalue weighted by atomic mass is 9.97. The molecule has 88 heavy (non-hydrogen) atoms. The van der Waals surface area contributed by atoms with E-state index in [1.807, 2.05) is 18.2 Å². The van der Waals surface area contributed by atoms with Crippen LogP contribution < -0.4 is 0 Å². The minimum atomic E-state index is 1.24. The minimum Gasteiger partial charge on any atom is -0.0622 e. The monoisotopic (exact) mass is 1130 g/mol. The van der Waals surface area contributed by atoms with Gasteiger partial charge in [0, 0.05) is 0 Å². The summed E-state index contributed by atoms with van der Waals surface area (Å²) in [6.07, 6.45) is 0. The molecule has 0 nitrogen and oxygen atoms in total. The Bertz CT molecular complexity index is 4340. The van der Waals surface area contributed by atoms with Gasteiger partial charge >= 0.3 is 0 Å². The van der Waals surface area contributed by atoms with Crippen LogP contribution in [-0.2, 0) is 0 Å². The van der Waals surface area contributed by atoms with Crippen molar-refractivity contribution in [2.45, 2.75) is 27.7 Å². The molecule has 14 rings (SSSR count). The van der Waals surface area contributed by atoms with Gasteiger partial charge in [-0.2, -0.15) is 0 Å². The van der Waals surface area contributed by atoms with Crippen molar-refractivity contribution in [3.8, 4) is 111 Å². The SMILES string of the molecule is Cc1ccc(-c2ccc(-c3ccc(-c4ccc(-c5ccccc5)cc4)cc3)cc2)cc1.Cc1ccc(-c2ccc(-c3ccc(-c4ccccc4)cc3)cc2)cc1.Cc1ccc(-c2ccc(-c3ccccc3)cc2)cc1.Cc1ccc(-c2ccccc2)cc1. The largest absolute Gasteiger partial charge is 0.0622 e. The zero-order valence-corrected chi connectivity index (χ0v) is 50.6. The fraction of sp³-hybridized carbons (Fsp3) is 0.0455. The van der Waals surface area contributed by atoms with Gasteiger partial charge < -0.3 is 0 Å². The third-order valence-corrected chi connectivity index (χ3v) is 15.9. The first kappa shape index (κ1) is 58.8. The van der Waals surface area contributed by atoms with E-state index >= 15 is 0 Å². The lowest BCUT2D eigenvalue weighted by Crippen LogP contribution is -1.83. The second kappa shape index (κ2) is 29.3. The molecule has 0 saturated carbocycles. The molecular weight excluding hydrogens is 1060 g/mol. The molecule has 0 bridgehead atoms. The molecule has 0 aromatic heterocycles. The second-order valence-electron chi connectivity index (χ2n) is 22.4. The maximum absolute atomic E-state index is 2.21. The Morgan fingerprint density at radius 1 is 0.0909 bits per heavy atom. The minimum absolute atomic E-state index is 1.24. The predicted molar refractivity (Wildman–Crippen MR) is 379 cm³/mol. The molecule has 0 aliphatic rings. The van der Waals surface area contributed by atoms with Crippen LogP contribution in [0.25, 0.3) is 111 Å². The van der Waals surface area contributed by atoms with E-state index in [2.05, 4.69) is 373 Å². The van der Waals surface area contributed by atoms with Gasteiger partial charge in [0.25, 0.3) is 0 Å². The lowest BCUT2D eigenvalue weighted by Gasteiger charge is -2.08. The van der Waals surface area contributed by atoms with E-state index in [9.17, 15) is 0 Å². The van der Waals surface area contributed by atoms with Gasteiger partial charge in [0.2, 0.25) is 0 Å². The van der Waals surface area contributed by atoms with Crippen molar-refractivity contribution < 1.29 is 0 Å². The zero-order valence-electron chi connectivity index (χ0n) is 50.6. The maximum Gasteiger partial charge on any atom is -0.0184 e. The van der Waals surface area contributed by atoms with Crippen molar-refractivity contribution in [1.29, 1.82) is 0 Å². The number of benzene rings is 14. The van der Waals surface area contributed by atoms with Gasteiger partial charge in [-0.3, -0.25) is 0 Å². The predicted octanol–water partition coefficient (Wildman–Crippen LogP) is 24.7. The van der Waals surface area contributed by atoms with Gasteiger partial charge in [0.05, 0.1) is 0 Å². The highest BCUT2D eigenvalue weighted by molar-refractivity contribution is 5.77. The highest BCUT2D eigenvalue weighted by atomic mass is 14.1. The molecule has 0 fully saturated rings. The molecule has 0 radical (unpaired) electrons.